The normalized spacial score (nSPS) is 37.2. The first-order chi connectivity index (χ1) is 21.2. The summed E-state index contributed by atoms with van der Waals surface area (Å²) in [5.74, 6) is 0.206. The largest absolute Gasteiger partial charge is 0.482 e. The van der Waals surface area contributed by atoms with E-state index in [1.54, 1.807) is 14.0 Å². The predicted molar refractivity (Wildman–Crippen MR) is 169 cm³/mol. The molecule has 1 aromatic rings. The monoisotopic (exact) mass is 624 g/mol. The molecule has 8 rings (SSSR count). The summed E-state index contributed by atoms with van der Waals surface area (Å²) in [5.41, 5.74) is -0.164. The fraction of sp³-hybridized carbons (Fsp3) is 0.778. The highest BCUT2D eigenvalue weighted by Gasteiger charge is 2.82. The number of carbonyl (C=O) groups is 2. The number of carbonyl (C=O) groups excluding carboxylic acids is 1. The van der Waals surface area contributed by atoms with Crippen LogP contribution < -0.4 is 14.8 Å². The smallest absolute Gasteiger partial charge is 0.413 e. The summed E-state index contributed by atoms with van der Waals surface area (Å²) in [4.78, 5) is 27.9. The quantitative estimate of drug-likeness (QED) is 0.339. The highest BCUT2D eigenvalue weighted by Crippen LogP contribution is 2.78. The maximum absolute atomic E-state index is 13.2. The number of carboxylic acid groups (broad SMARTS) is 1. The van der Waals surface area contributed by atoms with Gasteiger partial charge in [-0.3, -0.25) is 4.90 Å². The van der Waals surface area contributed by atoms with Gasteiger partial charge in [0.1, 0.15) is 17.7 Å². The lowest BCUT2D eigenvalue weighted by Gasteiger charge is -2.75. The number of hydrogen-bond acceptors (Lipinski definition) is 7. The lowest BCUT2D eigenvalue weighted by Crippen LogP contribution is -2.83. The number of aliphatic hydroxyl groups is 1. The van der Waals surface area contributed by atoms with Crippen LogP contribution in [0.3, 0.4) is 0 Å². The van der Waals surface area contributed by atoms with Crippen LogP contribution in [-0.4, -0.2) is 76.8 Å². The third-order valence-corrected chi connectivity index (χ3v) is 13.8. The van der Waals surface area contributed by atoms with Crippen molar-refractivity contribution in [2.24, 2.45) is 28.6 Å². The molecule has 9 heteroatoms. The Bertz CT molecular complexity index is 1400. The Morgan fingerprint density at radius 1 is 1.18 bits per heavy atom. The number of piperidine rings is 1. The number of ether oxygens (including phenoxy) is 3. The fourth-order valence-electron chi connectivity index (χ4n) is 10.6. The molecule has 4 bridgehead atoms. The molecule has 0 aromatic heterocycles. The van der Waals surface area contributed by atoms with E-state index in [1.165, 1.54) is 18.4 Å². The lowest BCUT2D eigenvalue weighted by atomic mass is 9.33. The average molecular weight is 625 g/mol. The highest BCUT2D eigenvalue weighted by atomic mass is 16.6. The second-order valence-corrected chi connectivity index (χ2v) is 16.5. The van der Waals surface area contributed by atoms with Crippen LogP contribution in [-0.2, 0) is 21.4 Å². The Kier molecular flexibility index (Phi) is 6.99. The highest BCUT2D eigenvalue weighted by molar-refractivity contribution is 5.81. The Morgan fingerprint density at radius 2 is 1.91 bits per heavy atom. The summed E-state index contributed by atoms with van der Waals surface area (Å²) in [6.45, 7) is 14.2. The SMILES string of the molecule is CC[C@@H](C)[C@@H](NC(=O)Oc1ccc2c3c1O[C@@H]1C34CCN(CC3CC3)[C@H](C2)C42CC[C@@]1(OC)[C@@H]([C@](C)(O)C(C)(C)C)C2)C(=O)O. The first kappa shape index (κ1) is 31.3. The van der Waals surface area contributed by atoms with Crippen molar-refractivity contribution in [1.29, 1.82) is 0 Å². The van der Waals surface area contributed by atoms with Gasteiger partial charge in [0.2, 0.25) is 0 Å². The standard InChI is InChI=1S/C36H52N2O7/c1-8-20(2)27(29(39)40)37-31(41)44-23-12-11-22-17-25-34-13-14-36(43-7,24(18-34)33(6,42)32(3,4)5)30-35(34,26(22)28(23)45-30)15-16-38(25)19-21-9-10-21/h11-12,20-21,24-25,27,30,42H,8-10,13-19H2,1-7H3,(H,37,41)(H,39,40)/t20-,24-,25-,27-,30-,33+,34?,35?,36-/m1/s1. The minimum atomic E-state index is -1.08. The Hall–Kier alpha value is -2.36. The molecule has 5 fully saturated rings. The Morgan fingerprint density at radius 3 is 2.53 bits per heavy atom. The third-order valence-electron chi connectivity index (χ3n) is 13.8. The molecule has 45 heavy (non-hydrogen) atoms. The van der Waals surface area contributed by atoms with Gasteiger partial charge >= 0.3 is 12.1 Å². The van der Waals surface area contributed by atoms with Gasteiger partial charge in [0, 0.05) is 42.0 Å². The van der Waals surface area contributed by atoms with Crippen molar-refractivity contribution in [1.82, 2.24) is 10.2 Å². The minimum Gasteiger partial charge on any atom is -0.482 e. The van der Waals surface area contributed by atoms with Crippen LogP contribution >= 0.6 is 0 Å². The number of nitrogens with zero attached hydrogens (tertiary/aromatic N) is 1. The van der Waals surface area contributed by atoms with Crippen LogP contribution in [0.1, 0.15) is 97.6 Å². The first-order valence-corrected chi connectivity index (χ1v) is 17.2. The molecule has 1 saturated heterocycles. The molecule has 4 saturated carbocycles. The van der Waals surface area contributed by atoms with Crippen LogP contribution in [0.4, 0.5) is 4.79 Å². The van der Waals surface area contributed by atoms with Crippen LogP contribution in [0, 0.1) is 28.6 Å². The van der Waals surface area contributed by atoms with E-state index in [9.17, 15) is 19.8 Å². The first-order valence-electron chi connectivity index (χ1n) is 17.2. The van der Waals surface area contributed by atoms with Crippen LogP contribution in [0.25, 0.3) is 0 Å². The second-order valence-electron chi connectivity index (χ2n) is 16.5. The number of aliphatic carboxylic acids is 1. The summed E-state index contributed by atoms with van der Waals surface area (Å²) in [5, 5.41) is 24.8. The summed E-state index contributed by atoms with van der Waals surface area (Å²) < 4.78 is 19.7. The fourth-order valence-corrected chi connectivity index (χ4v) is 10.6. The van der Waals surface area contributed by atoms with Crippen molar-refractivity contribution in [3.05, 3.63) is 23.3 Å². The molecule has 248 valence electrons. The number of nitrogens with one attached hydrogen (secondary N) is 1. The van der Waals surface area contributed by atoms with Crippen LogP contribution in [0.5, 0.6) is 11.5 Å². The van der Waals surface area contributed by atoms with Crippen molar-refractivity contribution in [2.45, 2.75) is 128 Å². The van der Waals surface area contributed by atoms with E-state index >= 15 is 0 Å². The van der Waals surface area contributed by atoms with Gasteiger partial charge in [-0.25, -0.2) is 9.59 Å². The molecule has 1 aromatic carbocycles. The maximum Gasteiger partial charge on any atom is 0.413 e. The zero-order valence-electron chi connectivity index (χ0n) is 28.1. The van der Waals surface area contributed by atoms with Gasteiger partial charge in [-0.05, 0) is 87.3 Å². The van der Waals surface area contributed by atoms with E-state index in [2.05, 4.69) is 37.1 Å². The molecule has 1 amide bonds. The van der Waals surface area contributed by atoms with Crippen molar-refractivity contribution in [2.75, 3.05) is 20.2 Å². The van der Waals surface area contributed by atoms with Crippen LogP contribution in [0.15, 0.2) is 12.1 Å². The van der Waals surface area contributed by atoms with Gasteiger partial charge in [0.05, 0.1) is 5.60 Å². The van der Waals surface area contributed by atoms with Gasteiger partial charge in [0.15, 0.2) is 11.5 Å². The molecular weight excluding hydrogens is 572 g/mol. The summed E-state index contributed by atoms with van der Waals surface area (Å²) >= 11 is 0. The number of carboxylic acids is 1. The molecule has 0 radical (unpaired) electrons. The molecule has 2 unspecified atom stereocenters. The lowest BCUT2D eigenvalue weighted by molar-refractivity contribution is -0.312. The maximum atomic E-state index is 13.2. The second kappa shape index (κ2) is 10.1. The number of amides is 1. The van der Waals surface area contributed by atoms with Crippen molar-refractivity contribution in [3.8, 4) is 11.5 Å². The van der Waals surface area contributed by atoms with E-state index in [0.717, 1.165) is 56.7 Å². The molecule has 2 heterocycles. The van der Waals surface area contributed by atoms with E-state index in [-0.39, 0.29) is 34.2 Å². The molecule has 2 spiro atoms. The zero-order valence-corrected chi connectivity index (χ0v) is 28.1. The molecule has 7 aliphatic rings. The van der Waals surface area contributed by atoms with Gasteiger partial charge < -0.3 is 29.7 Å². The number of rotatable bonds is 9. The molecule has 5 aliphatic carbocycles. The number of likely N-dealkylation sites (tertiary alicyclic amines) is 1. The molecular formula is C36H52N2O7. The Labute approximate surface area is 267 Å². The van der Waals surface area contributed by atoms with E-state index in [1.807, 2.05) is 19.9 Å². The molecule has 3 N–H and O–H groups in total. The number of fused-ring (bicyclic) bond motifs is 2. The number of methoxy groups -OCH3 is 1. The van der Waals surface area contributed by atoms with Crippen LogP contribution in [0.2, 0.25) is 0 Å². The van der Waals surface area contributed by atoms with Gasteiger partial charge in [-0.15, -0.1) is 0 Å². The summed E-state index contributed by atoms with van der Waals surface area (Å²) in [6.07, 6.45) is 6.59. The molecule has 9 atom stereocenters. The Balaban J connectivity index is 1.35. The minimum absolute atomic E-state index is 0.116. The number of benzene rings is 1. The predicted octanol–water partition coefficient (Wildman–Crippen LogP) is 5.30. The van der Waals surface area contributed by atoms with Gasteiger partial charge in [-0.2, -0.15) is 0 Å². The number of hydrogen-bond donors (Lipinski definition) is 3. The third kappa shape index (κ3) is 4.08. The van der Waals surface area contributed by atoms with E-state index < -0.39 is 29.3 Å². The van der Waals surface area contributed by atoms with Crippen molar-refractivity contribution >= 4 is 12.1 Å². The van der Waals surface area contributed by atoms with Crippen molar-refractivity contribution < 1.29 is 34.0 Å². The van der Waals surface area contributed by atoms with E-state index in [4.69, 9.17) is 14.2 Å². The van der Waals surface area contributed by atoms with Crippen molar-refractivity contribution in [3.63, 3.8) is 0 Å². The average Bonchev–Trinajstić information content (AvgIpc) is 3.73. The summed E-state index contributed by atoms with van der Waals surface area (Å²) in [6, 6.07) is 3.21. The summed E-state index contributed by atoms with van der Waals surface area (Å²) in [7, 11) is 1.78. The zero-order chi connectivity index (χ0) is 32.3. The van der Waals surface area contributed by atoms with Gasteiger partial charge in [-0.1, -0.05) is 47.1 Å². The topological polar surface area (TPSA) is 118 Å². The molecule has 2 aliphatic heterocycles. The molecule has 9 nitrogen and oxygen atoms in total. The van der Waals surface area contributed by atoms with Gasteiger partial charge in [0.25, 0.3) is 0 Å². The van der Waals surface area contributed by atoms with E-state index in [0.29, 0.717) is 24.0 Å².